The lowest BCUT2D eigenvalue weighted by atomic mass is 10.2. The summed E-state index contributed by atoms with van der Waals surface area (Å²) >= 11 is 1.20. The Morgan fingerprint density at radius 2 is 2.32 bits per heavy atom. The minimum atomic E-state index is -3.40. The molecule has 0 aliphatic carbocycles. The Morgan fingerprint density at radius 3 is 3.05 bits per heavy atom. The maximum absolute atomic E-state index is 11.9. The zero-order chi connectivity index (χ0) is 15.9. The maximum atomic E-state index is 11.9. The quantitative estimate of drug-likeness (QED) is 0.751. The van der Waals surface area contributed by atoms with E-state index in [0.29, 0.717) is 17.3 Å². The molecule has 1 aromatic rings. The summed E-state index contributed by atoms with van der Waals surface area (Å²) in [7, 11) is -3.40. The SMILES string of the molecule is C[C@@H](C#N)OC(=O)c1ccc2c(c1)SC1=NS(=O)(=O)CCN12. The molecule has 0 saturated heterocycles. The van der Waals surface area contributed by atoms with Crippen LogP contribution in [-0.2, 0) is 14.8 Å². The van der Waals surface area contributed by atoms with Gasteiger partial charge in [0.05, 0.1) is 17.0 Å². The fourth-order valence-electron chi connectivity index (χ4n) is 2.11. The van der Waals surface area contributed by atoms with Crippen LogP contribution < -0.4 is 4.90 Å². The minimum absolute atomic E-state index is 0.0278. The van der Waals surface area contributed by atoms with E-state index in [1.807, 2.05) is 11.0 Å². The second kappa shape index (κ2) is 5.30. The fraction of sp³-hybridized carbons (Fsp3) is 0.308. The number of ether oxygens (including phenoxy) is 1. The van der Waals surface area contributed by atoms with Gasteiger partial charge in [0, 0.05) is 11.4 Å². The molecule has 0 bridgehead atoms. The van der Waals surface area contributed by atoms with Crippen molar-refractivity contribution in [3.63, 3.8) is 0 Å². The van der Waals surface area contributed by atoms with E-state index in [0.717, 1.165) is 10.6 Å². The summed E-state index contributed by atoms with van der Waals surface area (Å²) in [5.74, 6) is -0.614. The fourth-order valence-corrected chi connectivity index (χ4v) is 4.41. The van der Waals surface area contributed by atoms with Gasteiger partial charge in [-0.25, -0.2) is 13.2 Å². The number of fused-ring (bicyclic) bond motifs is 3. The molecular formula is C13H11N3O4S2. The molecule has 9 heteroatoms. The van der Waals surface area contributed by atoms with Crippen LogP contribution in [0.15, 0.2) is 27.5 Å². The lowest BCUT2D eigenvalue weighted by Gasteiger charge is -2.22. The zero-order valence-corrected chi connectivity index (χ0v) is 13.1. The standard InChI is InChI=1S/C13H11N3O4S2/c1-8(7-14)20-12(17)9-2-3-10-11(6-9)21-13-15-22(18,19)5-4-16(10)13/h2-3,6,8H,4-5H2,1H3/t8-/m0/s1. The number of thioether (sulfide) groups is 1. The third kappa shape index (κ3) is 2.67. The third-order valence-corrected chi connectivity index (χ3v) is 5.48. The summed E-state index contributed by atoms with van der Waals surface area (Å²) in [6, 6.07) is 6.78. The molecule has 0 N–H and O–H groups in total. The molecule has 0 spiro atoms. The smallest absolute Gasteiger partial charge is 0.339 e. The molecule has 0 amide bonds. The van der Waals surface area contributed by atoms with Crippen molar-refractivity contribution in [2.75, 3.05) is 17.2 Å². The topological polar surface area (TPSA) is 99.8 Å². The first-order chi connectivity index (χ1) is 10.4. The highest BCUT2D eigenvalue weighted by atomic mass is 32.2. The number of amidine groups is 1. The van der Waals surface area contributed by atoms with Crippen molar-refractivity contribution in [2.45, 2.75) is 17.9 Å². The number of anilines is 1. The van der Waals surface area contributed by atoms with E-state index in [4.69, 9.17) is 10.00 Å². The van der Waals surface area contributed by atoms with Crippen molar-refractivity contribution in [1.82, 2.24) is 0 Å². The van der Waals surface area contributed by atoms with Crippen molar-refractivity contribution in [3.8, 4) is 6.07 Å². The van der Waals surface area contributed by atoms with E-state index in [1.54, 1.807) is 18.2 Å². The lowest BCUT2D eigenvalue weighted by Crippen LogP contribution is -2.35. The Morgan fingerprint density at radius 1 is 1.55 bits per heavy atom. The molecule has 1 atom stereocenters. The molecule has 114 valence electrons. The molecule has 0 aromatic heterocycles. The largest absolute Gasteiger partial charge is 0.444 e. The minimum Gasteiger partial charge on any atom is -0.444 e. The second-order valence-corrected chi connectivity index (χ2v) is 7.54. The Balaban J connectivity index is 1.90. The number of rotatable bonds is 2. The highest BCUT2D eigenvalue weighted by Crippen LogP contribution is 2.42. The predicted molar refractivity (Wildman–Crippen MR) is 81.4 cm³/mol. The molecular weight excluding hydrogens is 326 g/mol. The van der Waals surface area contributed by atoms with Crippen LogP contribution in [0.4, 0.5) is 5.69 Å². The molecule has 22 heavy (non-hydrogen) atoms. The van der Waals surface area contributed by atoms with Crippen LogP contribution in [-0.4, -0.2) is 38.0 Å². The molecule has 2 aliphatic rings. The molecule has 3 rings (SSSR count). The lowest BCUT2D eigenvalue weighted by molar-refractivity contribution is 0.0435. The third-order valence-electron chi connectivity index (χ3n) is 3.17. The summed E-state index contributed by atoms with van der Waals surface area (Å²) in [5, 5.41) is 9.06. The average molecular weight is 337 g/mol. The maximum Gasteiger partial charge on any atom is 0.339 e. The molecule has 2 aliphatic heterocycles. The Hall–Kier alpha value is -2.05. The normalized spacial score (nSPS) is 19.5. The number of carbonyl (C=O) groups excluding carboxylic acids is 1. The van der Waals surface area contributed by atoms with E-state index in [1.165, 1.54) is 18.7 Å². The molecule has 1 aromatic carbocycles. The van der Waals surface area contributed by atoms with Crippen LogP contribution in [0.25, 0.3) is 0 Å². The second-order valence-electron chi connectivity index (χ2n) is 4.77. The van der Waals surface area contributed by atoms with Gasteiger partial charge in [0.1, 0.15) is 6.07 Å². The number of nitriles is 1. The molecule has 0 fully saturated rings. The van der Waals surface area contributed by atoms with Crippen molar-refractivity contribution >= 4 is 38.6 Å². The van der Waals surface area contributed by atoms with Crippen LogP contribution in [0.1, 0.15) is 17.3 Å². The van der Waals surface area contributed by atoms with E-state index in [2.05, 4.69) is 4.40 Å². The summed E-state index contributed by atoms with van der Waals surface area (Å²) in [6.45, 7) is 1.83. The van der Waals surface area contributed by atoms with Crippen LogP contribution in [0.3, 0.4) is 0 Å². The Bertz CT molecular complexity index is 826. The number of carbonyl (C=O) groups is 1. The van der Waals surface area contributed by atoms with Crippen LogP contribution >= 0.6 is 11.8 Å². The highest BCUT2D eigenvalue weighted by Gasteiger charge is 2.33. The van der Waals surface area contributed by atoms with Gasteiger partial charge in [-0.1, -0.05) is 0 Å². The average Bonchev–Trinajstić information content (AvgIpc) is 2.81. The summed E-state index contributed by atoms with van der Waals surface area (Å²) in [5.41, 5.74) is 1.14. The highest BCUT2D eigenvalue weighted by molar-refractivity contribution is 8.15. The van der Waals surface area contributed by atoms with Gasteiger partial charge in [0.15, 0.2) is 11.3 Å². The Labute approximate surface area is 131 Å². The number of esters is 1. The molecule has 2 heterocycles. The van der Waals surface area contributed by atoms with E-state index in [-0.39, 0.29) is 5.75 Å². The van der Waals surface area contributed by atoms with Gasteiger partial charge in [0.25, 0.3) is 10.0 Å². The molecule has 0 saturated carbocycles. The Kier molecular flexibility index (Phi) is 3.58. The molecule has 0 unspecified atom stereocenters. The summed E-state index contributed by atoms with van der Waals surface area (Å²) < 4.78 is 31.8. The first-order valence-corrected chi connectivity index (χ1v) is 8.85. The first-order valence-electron chi connectivity index (χ1n) is 6.42. The van der Waals surface area contributed by atoms with Gasteiger partial charge in [-0.05, 0) is 36.9 Å². The van der Waals surface area contributed by atoms with Gasteiger partial charge >= 0.3 is 5.97 Å². The van der Waals surface area contributed by atoms with E-state index in [9.17, 15) is 13.2 Å². The van der Waals surface area contributed by atoms with Crippen LogP contribution in [0.5, 0.6) is 0 Å². The van der Waals surface area contributed by atoms with Gasteiger partial charge in [-0.2, -0.15) is 5.26 Å². The van der Waals surface area contributed by atoms with Gasteiger partial charge in [-0.3, -0.25) is 0 Å². The van der Waals surface area contributed by atoms with Crippen molar-refractivity contribution in [3.05, 3.63) is 23.8 Å². The summed E-state index contributed by atoms with van der Waals surface area (Å²) in [4.78, 5) is 14.5. The van der Waals surface area contributed by atoms with E-state index < -0.39 is 22.1 Å². The van der Waals surface area contributed by atoms with Crippen molar-refractivity contribution < 1.29 is 17.9 Å². The number of hydrogen-bond donors (Lipinski definition) is 0. The van der Waals surface area contributed by atoms with Crippen LogP contribution in [0.2, 0.25) is 0 Å². The zero-order valence-electron chi connectivity index (χ0n) is 11.5. The number of nitrogens with zero attached hydrogens (tertiary/aromatic N) is 3. The van der Waals surface area contributed by atoms with Gasteiger partial charge in [-0.15, -0.1) is 4.40 Å². The monoisotopic (exact) mass is 337 g/mol. The predicted octanol–water partition coefficient (Wildman–Crippen LogP) is 1.37. The van der Waals surface area contributed by atoms with Gasteiger partial charge < -0.3 is 9.64 Å². The van der Waals surface area contributed by atoms with Crippen molar-refractivity contribution in [1.29, 1.82) is 5.26 Å². The molecule has 7 nitrogen and oxygen atoms in total. The number of sulfonamides is 1. The number of benzene rings is 1. The van der Waals surface area contributed by atoms with E-state index >= 15 is 0 Å². The summed E-state index contributed by atoms with van der Waals surface area (Å²) in [6.07, 6.45) is -0.825. The van der Waals surface area contributed by atoms with Crippen molar-refractivity contribution in [2.24, 2.45) is 4.40 Å². The number of hydrogen-bond acceptors (Lipinski definition) is 7. The van der Waals surface area contributed by atoms with Crippen LogP contribution in [0, 0.1) is 11.3 Å². The van der Waals surface area contributed by atoms with Gasteiger partial charge in [0.2, 0.25) is 0 Å². The first kappa shape index (κ1) is 14.9. The molecule has 0 radical (unpaired) electrons.